The first-order valence-corrected chi connectivity index (χ1v) is 12.9. The molecule has 35 heavy (non-hydrogen) atoms. The number of aryl methyl sites for hydroxylation is 1. The number of hydrogen-bond acceptors (Lipinski definition) is 5. The third-order valence-corrected chi connectivity index (χ3v) is 6.58. The Kier molecular flexibility index (Phi) is 8.26. The lowest BCUT2D eigenvalue weighted by Crippen LogP contribution is -2.22. The number of rotatable bonds is 8. The molecule has 0 amide bonds. The van der Waals surface area contributed by atoms with E-state index >= 15 is 0 Å². The number of nitrogens with zero attached hydrogens (tertiary/aromatic N) is 3. The van der Waals surface area contributed by atoms with Crippen LogP contribution in [0.3, 0.4) is 0 Å². The fraction of sp³-hybridized carbons (Fsp3) is 0.192. The predicted octanol–water partition coefficient (Wildman–Crippen LogP) is 7.00. The zero-order valence-electron chi connectivity index (χ0n) is 19.1. The Labute approximate surface area is 224 Å². The molecule has 6 nitrogen and oxygen atoms in total. The van der Waals surface area contributed by atoms with Crippen molar-refractivity contribution >= 4 is 60.6 Å². The van der Waals surface area contributed by atoms with Gasteiger partial charge in [-0.1, -0.05) is 68.6 Å². The van der Waals surface area contributed by atoms with Crippen molar-refractivity contribution in [3.63, 3.8) is 0 Å². The van der Waals surface area contributed by atoms with Crippen LogP contribution >= 0.6 is 43.5 Å². The molecule has 0 aliphatic carbocycles. The van der Waals surface area contributed by atoms with Gasteiger partial charge in [-0.3, -0.25) is 4.79 Å². The van der Waals surface area contributed by atoms with Crippen molar-refractivity contribution in [3.05, 3.63) is 95.9 Å². The first kappa shape index (κ1) is 25.4. The minimum Gasteiger partial charge on any atom is -0.493 e. The lowest BCUT2D eigenvalue weighted by Gasteiger charge is -2.15. The molecule has 4 rings (SSSR count). The summed E-state index contributed by atoms with van der Waals surface area (Å²) in [6.45, 7) is 2.27. The Balaban J connectivity index is 1.79. The highest BCUT2D eigenvalue weighted by Crippen LogP contribution is 2.35. The average Bonchev–Trinajstić information content (AvgIpc) is 2.84. The minimum atomic E-state index is -0.239. The average molecular weight is 620 g/mol. The maximum Gasteiger partial charge on any atom is 0.282 e. The van der Waals surface area contributed by atoms with Crippen LogP contribution in [0.1, 0.15) is 30.3 Å². The summed E-state index contributed by atoms with van der Waals surface area (Å²) in [6, 6.07) is 16.6. The molecular weight excluding hydrogens is 598 g/mol. The van der Waals surface area contributed by atoms with E-state index in [9.17, 15) is 4.79 Å². The van der Waals surface area contributed by atoms with Crippen LogP contribution in [-0.2, 0) is 13.0 Å². The van der Waals surface area contributed by atoms with Crippen molar-refractivity contribution in [1.82, 2.24) is 9.66 Å². The van der Waals surface area contributed by atoms with Gasteiger partial charge in [-0.15, -0.1) is 0 Å². The summed E-state index contributed by atoms with van der Waals surface area (Å²) < 4.78 is 14.6. The standard InChI is InChI=1S/C26H22Br2ClN3O3/c1-3-6-24-31-22-10-9-18(27)12-20(22)26(33)32(24)30-14-17-11-19(28)13-23(34-2)25(17)35-15-16-7-4-5-8-21(16)29/h4-5,7-14H,3,6,15H2,1-2H3. The largest absolute Gasteiger partial charge is 0.493 e. The van der Waals surface area contributed by atoms with E-state index in [1.54, 1.807) is 19.4 Å². The second kappa shape index (κ2) is 11.4. The molecular formula is C26H22Br2ClN3O3. The molecule has 4 aromatic rings. The van der Waals surface area contributed by atoms with E-state index in [0.717, 1.165) is 20.9 Å². The van der Waals surface area contributed by atoms with Crippen LogP contribution in [0, 0.1) is 0 Å². The summed E-state index contributed by atoms with van der Waals surface area (Å²) >= 11 is 13.2. The minimum absolute atomic E-state index is 0.239. The van der Waals surface area contributed by atoms with Gasteiger partial charge < -0.3 is 9.47 Å². The van der Waals surface area contributed by atoms with Gasteiger partial charge in [0, 0.05) is 31.5 Å². The molecule has 0 saturated heterocycles. The van der Waals surface area contributed by atoms with E-state index in [4.69, 9.17) is 21.1 Å². The quantitative estimate of drug-likeness (QED) is 0.199. The zero-order valence-corrected chi connectivity index (χ0v) is 23.0. The van der Waals surface area contributed by atoms with E-state index in [2.05, 4.69) is 41.9 Å². The van der Waals surface area contributed by atoms with E-state index in [0.29, 0.717) is 45.2 Å². The molecule has 1 aromatic heterocycles. The van der Waals surface area contributed by atoms with Crippen molar-refractivity contribution in [2.45, 2.75) is 26.4 Å². The highest BCUT2D eigenvalue weighted by Gasteiger charge is 2.15. The van der Waals surface area contributed by atoms with E-state index in [-0.39, 0.29) is 12.2 Å². The molecule has 0 N–H and O–H groups in total. The van der Waals surface area contributed by atoms with Gasteiger partial charge in [-0.2, -0.15) is 9.78 Å². The SMILES string of the molecule is CCCc1nc2ccc(Br)cc2c(=O)n1N=Cc1cc(Br)cc(OC)c1OCc1ccccc1Cl. The third kappa shape index (κ3) is 5.77. The van der Waals surface area contributed by atoms with Crippen molar-refractivity contribution in [1.29, 1.82) is 0 Å². The molecule has 0 saturated carbocycles. The molecule has 0 fully saturated rings. The Hall–Kier alpha value is -2.68. The molecule has 9 heteroatoms. The maximum atomic E-state index is 13.3. The Bertz CT molecular complexity index is 1470. The number of fused-ring (bicyclic) bond motifs is 1. The number of halogens is 3. The van der Waals surface area contributed by atoms with Gasteiger partial charge in [0.15, 0.2) is 11.5 Å². The second-order valence-corrected chi connectivity index (χ2v) is 9.95. The van der Waals surface area contributed by atoms with E-state index in [1.165, 1.54) is 4.68 Å². The molecule has 0 radical (unpaired) electrons. The van der Waals surface area contributed by atoms with Gasteiger partial charge in [0.1, 0.15) is 12.4 Å². The van der Waals surface area contributed by atoms with Gasteiger partial charge in [0.25, 0.3) is 5.56 Å². The monoisotopic (exact) mass is 617 g/mol. The number of benzene rings is 3. The lowest BCUT2D eigenvalue weighted by molar-refractivity contribution is 0.284. The predicted molar refractivity (Wildman–Crippen MR) is 147 cm³/mol. The first-order valence-electron chi connectivity index (χ1n) is 10.9. The maximum absolute atomic E-state index is 13.3. The van der Waals surface area contributed by atoms with Crippen LogP contribution < -0.4 is 15.0 Å². The summed E-state index contributed by atoms with van der Waals surface area (Å²) in [6.07, 6.45) is 3.01. The molecule has 0 spiro atoms. The number of hydrogen-bond donors (Lipinski definition) is 0. The van der Waals surface area contributed by atoms with E-state index < -0.39 is 0 Å². The molecule has 0 bridgehead atoms. The number of methoxy groups -OCH3 is 1. The van der Waals surface area contributed by atoms with Gasteiger partial charge in [0.2, 0.25) is 0 Å². The van der Waals surface area contributed by atoms with Crippen LogP contribution in [0.4, 0.5) is 0 Å². The number of ether oxygens (including phenoxy) is 2. The fourth-order valence-electron chi connectivity index (χ4n) is 3.58. The zero-order chi connectivity index (χ0) is 24.9. The van der Waals surface area contributed by atoms with Crippen LogP contribution in [0.2, 0.25) is 5.02 Å². The lowest BCUT2D eigenvalue weighted by atomic mass is 10.2. The number of aromatic nitrogens is 2. The highest BCUT2D eigenvalue weighted by molar-refractivity contribution is 9.10. The first-order chi connectivity index (χ1) is 16.9. The highest BCUT2D eigenvalue weighted by atomic mass is 79.9. The van der Waals surface area contributed by atoms with Crippen LogP contribution in [0.5, 0.6) is 11.5 Å². The van der Waals surface area contributed by atoms with Crippen molar-refractivity contribution in [2.75, 3.05) is 7.11 Å². The van der Waals surface area contributed by atoms with Crippen molar-refractivity contribution < 1.29 is 9.47 Å². The van der Waals surface area contributed by atoms with Crippen LogP contribution in [0.25, 0.3) is 10.9 Å². The summed E-state index contributed by atoms with van der Waals surface area (Å²) in [4.78, 5) is 18.0. The van der Waals surface area contributed by atoms with Gasteiger partial charge >= 0.3 is 0 Å². The van der Waals surface area contributed by atoms with E-state index in [1.807, 2.05) is 55.5 Å². The smallest absolute Gasteiger partial charge is 0.282 e. The molecule has 180 valence electrons. The molecule has 0 aliphatic heterocycles. The normalized spacial score (nSPS) is 11.3. The van der Waals surface area contributed by atoms with Crippen LogP contribution in [0.15, 0.2) is 73.4 Å². The Morgan fingerprint density at radius 2 is 1.91 bits per heavy atom. The molecule has 0 unspecified atom stereocenters. The van der Waals surface area contributed by atoms with Gasteiger partial charge in [0.05, 0.1) is 24.2 Å². The topological polar surface area (TPSA) is 65.7 Å². The van der Waals surface area contributed by atoms with Gasteiger partial charge in [-0.25, -0.2) is 4.98 Å². The molecule has 0 aliphatic rings. The van der Waals surface area contributed by atoms with Crippen molar-refractivity contribution in [3.8, 4) is 11.5 Å². The Morgan fingerprint density at radius 1 is 1.11 bits per heavy atom. The summed E-state index contributed by atoms with van der Waals surface area (Å²) in [7, 11) is 1.57. The summed E-state index contributed by atoms with van der Waals surface area (Å²) in [5.41, 5.74) is 1.87. The second-order valence-electron chi connectivity index (χ2n) is 7.71. The summed E-state index contributed by atoms with van der Waals surface area (Å²) in [5, 5.41) is 5.64. The summed E-state index contributed by atoms with van der Waals surface area (Å²) in [5.74, 6) is 1.60. The fourth-order valence-corrected chi connectivity index (χ4v) is 4.58. The Morgan fingerprint density at radius 3 is 2.66 bits per heavy atom. The van der Waals surface area contributed by atoms with Crippen molar-refractivity contribution in [2.24, 2.45) is 5.10 Å². The molecule has 3 aromatic carbocycles. The van der Waals surface area contributed by atoms with Crippen LogP contribution in [-0.4, -0.2) is 23.0 Å². The molecule has 0 atom stereocenters. The van der Waals surface area contributed by atoms with Gasteiger partial charge in [-0.05, 0) is 42.8 Å². The third-order valence-electron chi connectivity index (χ3n) is 5.26. The molecule has 1 heterocycles.